The molecular weight excluding hydrogens is 236 g/mol. The summed E-state index contributed by atoms with van der Waals surface area (Å²) in [5.74, 6) is -0.363. The van der Waals surface area contributed by atoms with E-state index < -0.39 is 5.54 Å². The molecule has 3 heteroatoms. The first-order chi connectivity index (χ1) is 8.95. The highest BCUT2D eigenvalue weighted by molar-refractivity contribution is 5.94. The van der Waals surface area contributed by atoms with Crippen molar-refractivity contribution in [2.45, 2.75) is 32.4 Å². The Labute approximate surface area is 113 Å². The van der Waals surface area contributed by atoms with Crippen LogP contribution in [-0.4, -0.2) is 11.9 Å². The molecule has 3 N–H and O–H groups in total. The van der Waals surface area contributed by atoms with Crippen molar-refractivity contribution >= 4 is 16.7 Å². The van der Waals surface area contributed by atoms with Gasteiger partial charge in [-0.2, -0.15) is 0 Å². The maximum absolute atomic E-state index is 12.0. The van der Waals surface area contributed by atoms with Crippen molar-refractivity contribution in [1.82, 2.24) is 5.32 Å². The number of carbonyl (C=O) groups excluding carboxylic acids is 1. The second-order valence-electron chi connectivity index (χ2n) is 5.31. The van der Waals surface area contributed by atoms with Gasteiger partial charge >= 0.3 is 0 Å². The van der Waals surface area contributed by atoms with Crippen LogP contribution < -0.4 is 11.1 Å². The van der Waals surface area contributed by atoms with E-state index in [4.69, 9.17) is 5.73 Å². The fraction of sp³-hybridized carbons (Fsp3) is 0.312. The number of nitrogens with two attached hydrogens (primary N) is 1. The summed E-state index contributed by atoms with van der Waals surface area (Å²) in [5.41, 5.74) is 5.70. The van der Waals surface area contributed by atoms with E-state index in [1.165, 1.54) is 0 Å². The molecule has 0 spiro atoms. The van der Waals surface area contributed by atoms with Crippen LogP contribution in [0.3, 0.4) is 0 Å². The van der Waals surface area contributed by atoms with Gasteiger partial charge in [0.25, 0.3) is 0 Å². The number of rotatable bonds is 4. The number of amides is 1. The van der Waals surface area contributed by atoms with Gasteiger partial charge in [0, 0.05) is 6.04 Å². The molecule has 2 rings (SSSR count). The normalized spacial score (nSPS) is 14.5. The lowest BCUT2D eigenvalue weighted by Gasteiger charge is -2.31. The average Bonchev–Trinajstić information content (AvgIpc) is 2.37. The Hall–Kier alpha value is -1.87. The minimum Gasteiger partial charge on any atom is -0.368 e. The lowest BCUT2D eigenvalue weighted by atomic mass is 9.86. The van der Waals surface area contributed by atoms with Gasteiger partial charge in [-0.05, 0) is 37.1 Å². The van der Waals surface area contributed by atoms with Gasteiger partial charge in [-0.1, -0.05) is 42.5 Å². The molecule has 19 heavy (non-hydrogen) atoms. The van der Waals surface area contributed by atoms with E-state index >= 15 is 0 Å². The van der Waals surface area contributed by atoms with Crippen LogP contribution in [-0.2, 0) is 10.3 Å². The maximum atomic E-state index is 12.0. The average molecular weight is 256 g/mol. The van der Waals surface area contributed by atoms with Gasteiger partial charge < -0.3 is 5.73 Å². The summed E-state index contributed by atoms with van der Waals surface area (Å²) < 4.78 is 0. The molecule has 0 aliphatic carbocycles. The summed E-state index contributed by atoms with van der Waals surface area (Å²) in [7, 11) is 0. The van der Waals surface area contributed by atoms with E-state index in [1.807, 2.05) is 63.2 Å². The molecule has 1 unspecified atom stereocenters. The van der Waals surface area contributed by atoms with Crippen LogP contribution in [0.5, 0.6) is 0 Å². The summed E-state index contributed by atoms with van der Waals surface area (Å²) in [5, 5.41) is 5.45. The van der Waals surface area contributed by atoms with Gasteiger partial charge in [0.2, 0.25) is 5.91 Å². The molecule has 0 fully saturated rings. The van der Waals surface area contributed by atoms with E-state index in [1.54, 1.807) is 0 Å². The smallest absolute Gasteiger partial charge is 0.242 e. The molecule has 0 saturated carbocycles. The fourth-order valence-electron chi connectivity index (χ4n) is 2.52. The van der Waals surface area contributed by atoms with Crippen molar-refractivity contribution in [2.75, 3.05) is 0 Å². The van der Waals surface area contributed by atoms with Crippen LogP contribution >= 0.6 is 0 Å². The Morgan fingerprint density at radius 2 is 1.79 bits per heavy atom. The number of nitrogens with one attached hydrogen (secondary N) is 1. The van der Waals surface area contributed by atoms with E-state index in [2.05, 4.69) is 5.32 Å². The molecule has 1 amide bonds. The van der Waals surface area contributed by atoms with Crippen molar-refractivity contribution in [3.05, 3.63) is 48.0 Å². The van der Waals surface area contributed by atoms with Gasteiger partial charge in [0.15, 0.2) is 0 Å². The number of fused-ring (bicyclic) bond motifs is 1. The number of carbonyl (C=O) groups is 1. The number of primary amides is 1. The van der Waals surface area contributed by atoms with Crippen molar-refractivity contribution in [1.29, 1.82) is 0 Å². The monoisotopic (exact) mass is 256 g/mol. The van der Waals surface area contributed by atoms with Crippen LogP contribution in [0.4, 0.5) is 0 Å². The van der Waals surface area contributed by atoms with Crippen LogP contribution in [0, 0.1) is 0 Å². The van der Waals surface area contributed by atoms with Gasteiger partial charge in [0.1, 0.15) is 5.54 Å². The minimum atomic E-state index is -0.866. The maximum Gasteiger partial charge on any atom is 0.242 e. The third-order valence-corrected chi connectivity index (χ3v) is 3.40. The molecule has 0 saturated heterocycles. The molecule has 0 aliphatic rings. The van der Waals surface area contributed by atoms with Crippen molar-refractivity contribution in [2.24, 2.45) is 5.73 Å². The van der Waals surface area contributed by atoms with E-state index in [0.29, 0.717) is 0 Å². The molecule has 100 valence electrons. The van der Waals surface area contributed by atoms with Crippen molar-refractivity contribution in [3.63, 3.8) is 0 Å². The van der Waals surface area contributed by atoms with Crippen LogP contribution in [0.2, 0.25) is 0 Å². The SMILES string of the molecule is CC(C)NC(C)(C(N)=O)c1cccc2ccccc12. The number of hydrogen-bond acceptors (Lipinski definition) is 2. The summed E-state index contributed by atoms with van der Waals surface area (Å²) in [4.78, 5) is 12.0. The van der Waals surface area contributed by atoms with Gasteiger partial charge in [0.05, 0.1) is 0 Å². The predicted octanol–water partition coefficient (Wildman–Crippen LogP) is 2.54. The molecular formula is C16H20N2O. The molecule has 2 aromatic rings. The Morgan fingerprint density at radius 3 is 2.42 bits per heavy atom. The molecule has 2 aromatic carbocycles. The van der Waals surface area contributed by atoms with Crippen LogP contribution in [0.1, 0.15) is 26.3 Å². The van der Waals surface area contributed by atoms with Crippen molar-refractivity contribution < 1.29 is 4.79 Å². The van der Waals surface area contributed by atoms with E-state index in [9.17, 15) is 4.79 Å². The Morgan fingerprint density at radius 1 is 1.16 bits per heavy atom. The molecule has 3 nitrogen and oxygen atoms in total. The first-order valence-electron chi connectivity index (χ1n) is 6.51. The third-order valence-electron chi connectivity index (χ3n) is 3.40. The first-order valence-corrected chi connectivity index (χ1v) is 6.51. The standard InChI is InChI=1S/C16H20N2O/c1-11(2)18-16(3,15(17)19)14-10-6-8-12-7-4-5-9-13(12)14/h4-11,18H,1-3H3,(H2,17,19). The molecule has 0 bridgehead atoms. The second kappa shape index (κ2) is 5.02. The fourth-order valence-corrected chi connectivity index (χ4v) is 2.52. The van der Waals surface area contributed by atoms with E-state index in [-0.39, 0.29) is 11.9 Å². The summed E-state index contributed by atoms with van der Waals surface area (Å²) in [6, 6.07) is 14.1. The summed E-state index contributed by atoms with van der Waals surface area (Å²) in [6.07, 6.45) is 0. The predicted molar refractivity (Wildman–Crippen MR) is 78.8 cm³/mol. The first kappa shape index (κ1) is 13.6. The zero-order chi connectivity index (χ0) is 14.0. The summed E-state index contributed by atoms with van der Waals surface area (Å²) >= 11 is 0. The molecule has 1 atom stereocenters. The molecule has 0 radical (unpaired) electrons. The molecule has 0 aromatic heterocycles. The number of hydrogen-bond donors (Lipinski definition) is 2. The lowest BCUT2D eigenvalue weighted by molar-refractivity contribution is -0.124. The highest BCUT2D eigenvalue weighted by atomic mass is 16.1. The minimum absolute atomic E-state index is 0.163. The Kier molecular flexibility index (Phi) is 3.58. The zero-order valence-electron chi connectivity index (χ0n) is 11.6. The lowest BCUT2D eigenvalue weighted by Crippen LogP contribution is -2.53. The van der Waals surface area contributed by atoms with Crippen LogP contribution in [0.15, 0.2) is 42.5 Å². The molecule has 0 aliphatic heterocycles. The van der Waals surface area contributed by atoms with Crippen molar-refractivity contribution in [3.8, 4) is 0 Å². The quantitative estimate of drug-likeness (QED) is 0.883. The number of benzene rings is 2. The zero-order valence-corrected chi connectivity index (χ0v) is 11.6. The van der Waals surface area contributed by atoms with Gasteiger partial charge in [-0.15, -0.1) is 0 Å². The van der Waals surface area contributed by atoms with Gasteiger partial charge in [-0.3, -0.25) is 10.1 Å². The largest absolute Gasteiger partial charge is 0.368 e. The second-order valence-corrected chi connectivity index (χ2v) is 5.31. The van der Waals surface area contributed by atoms with E-state index in [0.717, 1.165) is 16.3 Å². The summed E-state index contributed by atoms with van der Waals surface area (Å²) in [6.45, 7) is 5.86. The molecule has 0 heterocycles. The Balaban J connectivity index is 2.66. The highest BCUT2D eigenvalue weighted by Gasteiger charge is 2.34. The van der Waals surface area contributed by atoms with Gasteiger partial charge in [-0.25, -0.2) is 0 Å². The highest BCUT2D eigenvalue weighted by Crippen LogP contribution is 2.29. The topological polar surface area (TPSA) is 55.1 Å². The Bertz CT molecular complexity index is 601. The van der Waals surface area contributed by atoms with Crippen LogP contribution in [0.25, 0.3) is 10.8 Å². The third kappa shape index (κ3) is 2.47.